The highest BCUT2D eigenvalue weighted by atomic mass is 35.5. The maximum Gasteiger partial charge on any atom is 0.128 e. The molecule has 1 aromatic carbocycles. The second kappa shape index (κ2) is 3.32. The summed E-state index contributed by atoms with van der Waals surface area (Å²) in [6.45, 7) is 0.147. The predicted octanol–water partition coefficient (Wildman–Crippen LogP) is 2.69. The van der Waals surface area contributed by atoms with Crippen molar-refractivity contribution in [2.75, 3.05) is 6.61 Å². The molecule has 1 heterocycles. The van der Waals surface area contributed by atoms with E-state index in [1.54, 1.807) is 0 Å². The van der Waals surface area contributed by atoms with Gasteiger partial charge in [-0.05, 0) is 18.2 Å². The third-order valence-electron chi connectivity index (χ3n) is 1.95. The first kappa shape index (κ1) is 9.04. The zero-order valence-electron chi connectivity index (χ0n) is 7.05. The lowest BCUT2D eigenvalue weighted by Crippen LogP contribution is -2.08. The number of halogens is 2. The Morgan fingerprint density at radius 1 is 1.50 bits per heavy atom. The Labute approximate surface area is 85.2 Å². The summed E-state index contributed by atoms with van der Waals surface area (Å²) < 4.78 is 18.1. The van der Waals surface area contributed by atoms with Crippen molar-refractivity contribution < 1.29 is 9.13 Å². The van der Waals surface area contributed by atoms with Crippen LogP contribution in [0.25, 0.3) is 5.03 Å². The quantitative estimate of drug-likeness (QED) is 0.658. The molecule has 0 unspecified atom stereocenters. The van der Waals surface area contributed by atoms with Gasteiger partial charge in [-0.15, -0.1) is 0 Å². The van der Waals surface area contributed by atoms with Gasteiger partial charge in [-0.3, -0.25) is 0 Å². The van der Waals surface area contributed by atoms with Crippen LogP contribution in [-0.2, 0) is 0 Å². The van der Waals surface area contributed by atoms with Crippen LogP contribution in [0.15, 0.2) is 23.8 Å². The lowest BCUT2D eigenvalue weighted by molar-refractivity contribution is 0.350. The molecule has 0 atom stereocenters. The van der Waals surface area contributed by atoms with E-state index in [-0.39, 0.29) is 11.6 Å². The minimum Gasteiger partial charge on any atom is -0.487 e. The molecule has 0 amide bonds. The maximum absolute atomic E-state index is 12.9. The van der Waals surface area contributed by atoms with Crippen molar-refractivity contribution in [1.29, 1.82) is 5.26 Å². The van der Waals surface area contributed by atoms with Crippen molar-refractivity contribution in [2.45, 2.75) is 0 Å². The maximum atomic E-state index is 12.9. The first-order chi connectivity index (χ1) is 6.72. The van der Waals surface area contributed by atoms with Crippen molar-refractivity contribution in [3.05, 3.63) is 35.2 Å². The van der Waals surface area contributed by atoms with Crippen LogP contribution in [0, 0.1) is 17.1 Å². The number of nitrogens with zero attached hydrogens (tertiary/aromatic N) is 1. The average Bonchev–Trinajstić information content (AvgIpc) is 2.20. The molecule has 1 aliphatic rings. The van der Waals surface area contributed by atoms with Gasteiger partial charge in [0.05, 0.1) is 16.7 Å². The first-order valence-corrected chi connectivity index (χ1v) is 4.31. The fourth-order valence-electron chi connectivity index (χ4n) is 1.26. The number of benzene rings is 1. The average molecular weight is 210 g/mol. The normalized spacial score (nSPS) is 14.4. The second-order valence-corrected chi connectivity index (χ2v) is 3.21. The lowest BCUT2D eigenvalue weighted by atomic mass is 10.1. The van der Waals surface area contributed by atoms with Crippen molar-refractivity contribution in [1.82, 2.24) is 0 Å². The summed E-state index contributed by atoms with van der Waals surface area (Å²) in [7, 11) is 0. The summed E-state index contributed by atoms with van der Waals surface area (Å²) in [4.78, 5) is 0. The zero-order chi connectivity index (χ0) is 10.1. The van der Waals surface area contributed by atoms with Gasteiger partial charge in [0.25, 0.3) is 0 Å². The zero-order valence-corrected chi connectivity index (χ0v) is 7.81. The fraction of sp³-hybridized carbons (Fsp3) is 0.100. The Hall–Kier alpha value is -1.53. The van der Waals surface area contributed by atoms with E-state index in [9.17, 15) is 4.39 Å². The third-order valence-corrected chi connectivity index (χ3v) is 2.38. The van der Waals surface area contributed by atoms with E-state index in [2.05, 4.69) is 0 Å². The van der Waals surface area contributed by atoms with Gasteiger partial charge in [0.1, 0.15) is 18.2 Å². The Morgan fingerprint density at radius 2 is 2.29 bits per heavy atom. The Bertz CT molecular complexity index is 462. The number of nitriles is 1. The summed E-state index contributed by atoms with van der Waals surface area (Å²) in [5, 5.41) is 8.96. The first-order valence-electron chi connectivity index (χ1n) is 3.94. The topological polar surface area (TPSA) is 33.0 Å². The molecule has 0 saturated heterocycles. The SMILES string of the molecule is N#CC1=C(Cl)c2cc(F)ccc2OC1. The molecule has 2 rings (SSSR count). The van der Waals surface area contributed by atoms with Crippen LogP contribution in [0.5, 0.6) is 5.75 Å². The summed E-state index contributed by atoms with van der Waals surface area (Å²) in [5.74, 6) is 0.111. The number of fused-ring (bicyclic) bond motifs is 1. The highest BCUT2D eigenvalue weighted by Gasteiger charge is 2.18. The molecule has 14 heavy (non-hydrogen) atoms. The van der Waals surface area contributed by atoms with Gasteiger partial charge in [0.15, 0.2) is 0 Å². The highest BCUT2D eigenvalue weighted by Crippen LogP contribution is 2.35. The minimum absolute atomic E-state index is 0.147. The Kier molecular flexibility index (Phi) is 2.14. The minimum atomic E-state index is -0.398. The Balaban J connectivity index is 2.62. The summed E-state index contributed by atoms with van der Waals surface area (Å²) in [6.07, 6.45) is 0. The van der Waals surface area contributed by atoms with Crippen LogP contribution in [0.2, 0.25) is 0 Å². The fourth-order valence-corrected chi connectivity index (χ4v) is 1.50. The van der Waals surface area contributed by atoms with E-state index < -0.39 is 5.82 Å². The monoisotopic (exact) mass is 209 g/mol. The van der Waals surface area contributed by atoms with Crippen molar-refractivity contribution in [3.8, 4) is 11.8 Å². The van der Waals surface area contributed by atoms with Crippen LogP contribution in [-0.4, -0.2) is 6.61 Å². The molecule has 4 heteroatoms. The summed E-state index contributed by atoms with van der Waals surface area (Å²) in [6, 6.07) is 5.97. The number of hydrogen-bond donors (Lipinski definition) is 0. The molecular formula is C10H5ClFNO. The molecule has 0 bridgehead atoms. The van der Waals surface area contributed by atoms with E-state index in [4.69, 9.17) is 21.6 Å². The molecule has 0 saturated carbocycles. The van der Waals surface area contributed by atoms with E-state index in [0.29, 0.717) is 16.9 Å². The van der Waals surface area contributed by atoms with Gasteiger partial charge in [-0.25, -0.2) is 4.39 Å². The number of rotatable bonds is 0. The molecular weight excluding hydrogens is 205 g/mol. The van der Waals surface area contributed by atoms with Gasteiger partial charge in [0, 0.05) is 5.56 Å². The van der Waals surface area contributed by atoms with E-state index >= 15 is 0 Å². The van der Waals surface area contributed by atoms with Crippen LogP contribution in [0.1, 0.15) is 5.56 Å². The standard InChI is InChI=1S/C10H5ClFNO/c11-10-6(4-13)5-14-9-2-1-7(12)3-8(9)10/h1-3H,5H2. The van der Waals surface area contributed by atoms with Crippen molar-refractivity contribution in [2.24, 2.45) is 0 Å². The smallest absolute Gasteiger partial charge is 0.128 e. The molecule has 0 aliphatic carbocycles. The highest BCUT2D eigenvalue weighted by molar-refractivity contribution is 6.50. The van der Waals surface area contributed by atoms with Gasteiger partial charge in [-0.1, -0.05) is 11.6 Å². The van der Waals surface area contributed by atoms with Gasteiger partial charge < -0.3 is 4.74 Å². The summed E-state index contributed by atoms with van der Waals surface area (Å²) >= 11 is 5.90. The number of hydrogen-bond acceptors (Lipinski definition) is 2. The molecule has 0 radical (unpaired) electrons. The molecule has 2 nitrogen and oxygen atoms in total. The predicted molar refractivity (Wildman–Crippen MR) is 50.3 cm³/mol. The van der Waals surface area contributed by atoms with Crippen LogP contribution in [0.4, 0.5) is 4.39 Å². The van der Waals surface area contributed by atoms with Crippen LogP contribution >= 0.6 is 11.6 Å². The molecule has 1 aromatic rings. The van der Waals surface area contributed by atoms with E-state index in [1.165, 1.54) is 18.2 Å². The molecule has 0 aromatic heterocycles. The van der Waals surface area contributed by atoms with Gasteiger partial charge in [0.2, 0.25) is 0 Å². The molecule has 0 spiro atoms. The van der Waals surface area contributed by atoms with Crippen LogP contribution < -0.4 is 4.74 Å². The van der Waals surface area contributed by atoms with Gasteiger partial charge in [-0.2, -0.15) is 5.26 Å². The Morgan fingerprint density at radius 3 is 3.00 bits per heavy atom. The molecule has 0 fully saturated rings. The molecule has 0 N–H and O–H groups in total. The second-order valence-electron chi connectivity index (χ2n) is 2.83. The van der Waals surface area contributed by atoms with Gasteiger partial charge >= 0.3 is 0 Å². The van der Waals surface area contributed by atoms with Crippen LogP contribution in [0.3, 0.4) is 0 Å². The number of ether oxygens (including phenoxy) is 1. The van der Waals surface area contributed by atoms with E-state index in [0.717, 1.165) is 0 Å². The van der Waals surface area contributed by atoms with Crippen molar-refractivity contribution in [3.63, 3.8) is 0 Å². The largest absolute Gasteiger partial charge is 0.487 e. The van der Waals surface area contributed by atoms with E-state index in [1.807, 2.05) is 6.07 Å². The lowest BCUT2D eigenvalue weighted by Gasteiger charge is -2.16. The molecule has 1 aliphatic heterocycles. The summed E-state index contributed by atoms with van der Waals surface area (Å²) in [5.41, 5.74) is 0.763. The van der Waals surface area contributed by atoms with Crippen molar-refractivity contribution >= 4 is 16.6 Å². The third kappa shape index (κ3) is 1.34. The molecule has 70 valence electrons.